The molecule has 0 aliphatic heterocycles. The van der Waals surface area contributed by atoms with Crippen LogP contribution in [0.25, 0.3) is 0 Å². The first-order valence-electron chi connectivity index (χ1n) is 6.98. The summed E-state index contributed by atoms with van der Waals surface area (Å²) in [7, 11) is 1.90. The monoisotopic (exact) mass is 305 g/mol. The van der Waals surface area contributed by atoms with Crippen LogP contribution in [0.4, 0.5) is 0 Å². The molecule has 21 heavy (non-hydrogen) atoms. The Morgan fingerprint density at radius 3 is 2.38 bits per heavy atom. The molecule has 3 nitrogen and oxygen atoms in total. The zero-order valence-corrected chi connectivity index (χ0v) is 13.0. The summed E-state index contributed by atoms with van der Waals surface area (Å²) >= 11 is 6.29. The van der Waals surface area contributed by atoms with Gasteiger partial charge in [-0.25, -0.2) is 0 Å². The summed E-state index contributed by atoms with van der Waals surface area (Å²) in [6, 6.07) is 13.6. The van der Waals surface area contributed by atoms with Gasteiger partial charge in [0, 0.05) is 17.7 Å². The number of nitrogens with one attached hydrogen (secondary N) is 1. The van der Waals surface area contributed by atoms with Gasteiger partial charge in [0.25, 0.3) is 0 Å². The van der Waals surface area contributed by atoms with Crippen molar-refractivity contribution in [1.29, 1.82) is 0 Å². The van der Waals surface area contributed by atoms with Crippen molar-refractivity contribution >= 4 is 11.6 Å². The number of hydrogen-bond donors (Lipinski definition) is 2. The van der Waals surface area contributed by atoms with E-state index in [1.54, 1.807) is 0 Å². The van der Waals surface area contributed by atoms with E-state index in [1.807, 2.05) is 49.5 Å². The lowest BCUT2D eigenvalue weighted by Crippen LogP contribution is -2.12. The van der Waals surface area contributed by atoms with Crippen molar-refractivity contribution in [3.8, 4) is 11.5 Å². The molecule has 1 unspecified atom stereocenters. The first kappa shape index (κ1) is 15.8. The lowest BCUT2D eigenvalue weighted by Gasteiger charge is -2.14. The molecule has 2 aromatic carbocycles. The van der Waals surface area contributed by atoms with Crippen LogP contribution in [0.2, 0.25) is 5.02 Å². The molecule has 4 heteroatoms. The van der Waals surface area contributed by atoms with E-state index in [2.05, 4.69) is 12.2 Å². The van der Waals surface area contributed by atoms with E-state index in [1.165, 1.54) is 0 Å². The fourth-order valence-corrected chi connectivity index (χ4v) is 2.40. The van der Waals surface area contributed by atoms with Gasteiger partial charge in [-0.2, -0.15) is 0 Å². The number of hydrogen-bond acceptors (Lipinski definition) is 3. The highest BCUT2D eigenvalue weighted by molar-refractivity contribution is 6.31. The molecule has 0 aromatic heterocycles. The molecule has 0 heterocycles. The van der Waals surface area contributed by atoms with Crippen molar-refractivity contribution in [3.05, 3.63) is 58.6 Å². The average Bonchev–Trinajstić information content (AvgIpc) is 2.49. The summed E-state index contributed by atoms with van der Waals surface area (Å²) in [5.74, 6) is 1.46. The quantitative estimate of drug-likeness (QED) is 0.849. The molecule has 0 fully saturated rings. The summed E-state index contributed by atoms with van der Waals surface area (Å²) in [5.41, 5.74) is 2.13. The molecular weight excluding hydrogens is 286 g/mol. The SMILES string of the molecule is CNC(C)c1ccc(Oc2ccc(CCO)cc2)cc1Cl. The Hall–Kier alpha value is -1.55. The van der Waals surface area contributed by atoms with E-state index in [0.29, 0.717) is 17.2 Å². The number of ether oxygens (including phenoxy) is 1. The normalized spacial score (nSPS) is 12.2. The third-order valence-electron chi connectivity index (χ3n) is 3.43. The lowest BCUT2D eigenvalue weighted by molar-refractivity contribution is 0.299. The Labute approximate surface area is 130 Å². The molecule has 0 radical (unpaired) electrons. The number of rotatable bonds is 6. The van der Waals surface area contributed by atoms with Crippen molar-refractivity contribution in [2.24, 2.45) is 0 Å². The van der Waals surface area contributed by atoms with Gasteiger partial charge < -0.3 is 15.2 Å². The predicted molar refractivity (Wildman–Crippen MR) is 86.2 cm³/mol. The minimum Gasteiger partial charge on any atom is -0.457 e. The van der Waals surface area contributed by atoms with Crippen molar-refractivity contribution < 1.29 is 9.84 Å². The van der Waals surface area contributed by atoms with E-state index in [0.717, 1.165) is 16.9 Å². The van der Waals surface area contributed by atoms with Crippen LogP contribution in [0.3, 0.4) is 0 Å². The summed E-state index contributed by atoms with van der Waals surface area (Å²) < 4.78 is 5.79. The second-order valence-electron chi connectivity index (χ2n) is 4.91. The second kappa shape index (κ2) is 7.46. The van der Waals surface area contributed by atoms with Crippen LogP contribution in [-0.2, 0) is 6.42 Å². The third kappa shape index (κ3) is 4.21. The maximum atomic E-state index is 8.89. The van der Waals surface area contributed by atoms with Crippen molar-refractivity contribution in [2.45, 2.75) is 19.4 Å². The molecule has 0 bridgehead atoms. The molecule has 2 rings (SSSR count). The van der Waals surface area contributed by atoms with Crippen LogP contribution in [0.5, 0.6) is 11.5 Å². The second-order valence-corrected chi connectivity index (χ2v) is 5.32. The largest absolute Gasteiger partial charge is 0.457 e. The Morgan fingerprint density at radius 1 is 1.14 bits per heavy atom. The molecule has 2 aromatic rings. The topological polar surface area (TPSA) is 41.5 Å². The maximum Gasteiger partial charge on any atom is 0.128 e. The molecule has 0 spiro atoms. The molecule has 0 aliphatic rings. The van der Waals surface area contributed by atoms with E-state index in [4.69, 9.17) is 21.4 Å². The fourth-order valence-electron chi connectivity index (χ4n) is 2.07. The molecule has 2 N–H and O–H groups in total. The minimum atomic E-state index is 0.154. The van der Waals surface area contributed by atoms with Gasteiger partial charge >= 0.3 is 0 Å². The zero-order valence-electron chi connectivity index (χ0n) is 12.3. The van der Waals surface area contributed by atoms with E-state index in [-0.39, 0.29) is 12.6 Å². The van der Waals surface area contributed by atoms with E-state index >= 15 is 0 Å². The highest BCUT2D eigenvalue weighted by Crippen LogP contribution is 2.29. The highest BCUT2D eigenvalue weighted by atomic mass is 35.5. The summed E-state index contributed by atoms with van der Waals surface area (Å²) in [5, 5.41) is 12.7. The molecule has 112 valence electrons. The van der Waals surface area contributed by atoms with Crippen LogP contribution in [0.15, 0.2) is 42.5 Å². The van der Waals surface area contributed by atoms with Gasteiger partial charge in [-0.15, -0.1) is 0 Å². The fraction of sp³-hybridized carbons (Fsp3) is 0.294. The Kier molecular flexibility index (Phi) is 5.62. The standard InChI is InChI=1S/C17H20ClNO2/c1-12(19-2)16-8-7-15(11-17(16)18)21-14-5-3-13(4-6-14)9-10-20/h3-8,11-12,19-20H,9-10H2,1-2H3. The third-order valence-corrected chi connectivity index (χ3v) is 3.76. The Balaban J connectivity index is 2.11. The summed E-state index contributed by atoms with van der Waals surface area (Å²) in [6.07, 6.45) is 0.655. The Morgan fingerprint density at radius 2 is 1.81 bits per heavy atom. The van der Waals surface area contributed by atoms with Crippen LogP contribution in [-0.4, -0.2) is 18.8 Å². The predicted octanol–water partition coefficient (Wildman–Crippen LogP) is 3.95. The smallest absolute Gasteiger partial charge is 0.128 e. The van der Waals surface area contributed by atoms with E-state index in [9.17, 15) is 0 Å². The van der Waals surface area contributed by atoms with Crippen LogP contribution in [0, 0.1) is 0 Å². The minimum absolute atomic E-state index is 0.154. The van der Waals surface area contributed by atoms with Gasteiger partial charge in [0.1, 0.15) is 11.5 Å². The number of aliphatic hydroxyl groups excluding tert-OH is 1. The molecule has 0 amide bonds. The number of aliphatic hydroxyl groups is 1. The summed E-state index contributed by atoms with van der Waals surface area (Å²) in [6.45, 7) is 2.21. The van der Waals surface area contributed by atoms with Crippen LogP contribution >= 0.6 is 11.6 Å². The number of halogens is 1. The summed E-state index contributed by atoms with van der Waals surface area (Å²) in [4.78, 5) is 0. The average molecular weight is 306 g/mol. The first-order chi connectivity index (χ1) is 10.1. The van der Waals surface area contributed by atoms with Gasteiger partial charge in [0.2, 0.25) is 0 Å². The molecule has 1 atom stereocenters. The van der Waals surface area contributed by atoms with Gasteiger partial charge in [0.05, 0.1) is 0 Å². The molecule has 0 saturated heterocycles. The molecule has 0 saturated carbocycles. The van der Waals surface area contributed by atoms with Crippen molar-refractivity contribution in [1.82, 2.24) is 5.32 Å². The molecule has 0 aliphatic carbocycles. The van der Waals surface area contributed by atoms with Gasteiger partial charge in [-0.3, -0.25) is 0 Å². The number of benzene rings is 2. The maximum absolute atomic E-state index is 8.89. The van der Waals surface area contributed by atoms with Crippen LogP contribution in [0.1, 0.15) is 24.1 Å². The van der Waals surface area contributed by atoms with Gasteiger partial charge in [-0.05, 0) is 55.8 Å². The first-order valence-corrected chi connectivity index (χ1v) is 7.36. The van der Waals surface area contributed by atoms with Crippen molar-refractivity contribution in [3.63, 3.8) is 0 Å². The van der Waals surface area contributed by atoms with Crippen molar-refractivity contribution in [2.75, 3.05) is 13.7 Å². The Bertz CT molecular complexity index is 584. The molecular formula is C17H20ClNO2. The lowest BCUT2D eigenvalue weighted by atomic mass is 10.1. The van der Waals surface area contributed by atoms with Gasteiger partial charge in [0.15, 0.2) is 0 Å². The highest BCUT2D eigenvalue weighted by Gasteiger charge is 2.09. The van der Waals surface area contributed by atoms with E-state index < -0.39 is 0 Å². The van der Waals surface area contributed by atoms with Gasteiger partial charge in [-0.1, -0.05) is 29.8 Å². The van der Waals surface area contributed by atoms with Crippen LogP contribution < -0.4 is 10.1 Å². The zero-order chi connectivity index (χ0) is 15.2.